The van der Waals surface area contributed by atoms with Crippen molar-refractivity contribution in [3.63, 3.8) is 0 Å². The summed E-state index contributed by atoms with van der Waals surface area (Å²) in [5.74, 6) is 0.938. The number of hydrogen-bond acceptors (Lipinski definition) is 7. The highest BCUT2D eigenvalue weighted by Crippen LogP contribution is 2.35. The van der Waals surface area contributed by atoms with Crippen molar-refractivity contribution in [1.29, 1.82) is 0 Å². The molecule has 176 valence electrons. The number of rotatable bonds is 4. The Morgan fingerprint density at radius 3 is 2.94 bits per heavy atom. The highest BCUT2D eigenvalue weighted by molar-refractivity contribution is 7.90. The van der Waals surface area contributed by atoms with Gasteiger partial charge in [-0.2, -0.15) is 8.42 Å². The largest absolute Gasteiger partial charge is 0.328 e. The first-order chi connectivity index (χ1) is 15.9. The quantitative estimate of drug-likeness (QED) is 0.697. The molecule has 4 heterocycles. The Morgan fingerprint density at radius 2 is 2.09 bits per heavy atom. The number of carbonyl (C=O) groups is 1. The van der Waals surface area contributed by atoms with Gasteiger partial charge in [0, 0.05) is 37.0 Å². The minimum Gasteiger partial charge on any atom is -0.328 e. The third kappa shape index (κ3) is 4.83. The summed E-state index contributed by atoms with van der Waals surface area (Å²) in [5.41, 5.74) is 1.85. The van der Waals surface area contributed by atoms with Crippen LogP contribution in [-0.2, 0) is 16.6 Å². The van der Waals surface area contributed by atoms with E-state index in [4.69, 9.17) is 0 Å². The van der Waals surface area contributed by atoms with Gasteiger partial charge in [0.1, 0.15) is 10.7 Å². The average molecular weight is 488 g/mol. The zero-order valence-electron chi connectivity index (χ0n) is 18.8. The number of carbonyl (C=O) groups excluding carboxylic acids is 1. The molecule has 1 aromatic heterocycles. The molecular weight excluding hydrogens is 458 g/mol. The molecule has 3 aliphatic rings. The number of amidine groups is 1. The molecule has 1 amide bonds. The Bertz CT molecular complexity index is 1190. The second-order valence-electron chi connectivity index (χ2n) is 9.21. The fourth-order valence-electron chi connectivity index (χ4n) is 4.89. The summed E-state index contributed by atoms with van der Waals surface area (Å²) in [5, 5.41) is 5.33. The molecule has 1 N–H and O–H groups in total. The summed E-state index contributed by atoms with van der Waals surface area (Å²) in [6, 6.07) is 4.85. The molecule has 1 atom stereocenters. The van der Waals surface area contributed by atoms with Gasteiger partial charge in [-0.15, -0.1) is 15.7 Å². The van der Waals surface area contributed by atoms with E-state index in [-0.39, 0.29) is 16.4 Å². The lowest BCUT2D eigenvalue weighted by molar-refractivity contribution is 0.102. The molecule has 0 spiro atoms. The lowest BCUT2D eigenvalue weighted by atomic mass is 10.0. The summed E-state index contributed by atoms with van der Waals surface area (Å²) in [6.07, 6.45) is 6.12. The molecule has 5 rings (SSSR count). The van der Waals surface area contributed by atoms with Gasteiger partial charge < -0.3 is 4.90 Å². The van der Waals surface area contributed by atoms with E-state index in [0.29, 0.717) is 29.0 Å². The van der Waals surface area contributed by atoms with Crippen LogP contribution in [0, 0.1) is 5.92 Å². The molecule has 0 aliphatic carbocycles. The summed E-state index contributed by atoms with van der Waals surface area (Å²) in [6.45, 7) is 5.95. The van der Waals surface area contributed by atoms with E-state index in [1.54, 1.807) is 12.1 Å². The number of likely N-dealkylation sites (tertiary alicyclic amines) is 1. The van der Waals surface area contributed by atoms with Crippen LogP contribution in [0.5, 0.6) is 0 Å². The maximum Gasteiger partial charge on any atom is 0.286 e. The third-order valence-corrected chi connectivity index (χ3v) is 8.65. The van der Waals surface area contributed by atoms with Crippen molar-refractivity contribution in [2.45, 2.75) is 56.9 Å². The Balaban J connectivity index is 1.31. The van der Waals surface area contributed by atoms with E-state index in [2.05, 4.69) is 26.5 Å². The Kier molecular flexibility index (Phi) is 6.24. The molecule has 0 saturated carbocycles. The first kappa shape index (κ1) is 22.5. The molecule has 2 fully saturated rings. The van der Waals surface area contributed by atoms with E-state index < -0.39 is 10.0 Å². The van der Waals surface area contributed by atoms with Crippen LogP contribution in [0.4, 0.5) is 10.8 Å². The van der Waals surface area contributed by atoms with E-state index in [1.165, 1.54) is 30.2 Å². The molecule has 0 unspecified atom stereocenters. The third-order valence-electron chi connectivity index (χ3n) is 6.51. The number of benzene rings is 1. The molecule has 10 heteroatoms. The summed E-state index contributed by atoms with van der Waals surface area (Å²) in [4.78, 5) is 22.0. The van der Waals surface area contributed by atoms with Crippen LogP contribution in [0.2, 0.25) is 0 Å². The van der Waals surface area contributed by atoms with Crippen molar-refractivity contribution in [2.24, 2.45) is 10.3 Å². The number of amides is 1. The van der Waals surface area contributed by atoms with Gasteiger partial charge in [0.25, 0.3) is 15.9 Å². The van der Waals surface area contributed by atoms with E-state index in [0.717, 1.165) is 51.1 Å². The number of hydrogen-bond donors (Lipinski definition) is 1. The van der Waals surface area contributed by atoms with Crippen LogP contribution in [0.15, 0.2) is 32.9 Å². The molecule has 2 aromatic rings. The van der Waals surface area contributed by atoms with Gasteiger partial charge in [-0.3, -0.25) is 15.0 Å². The van der Waals surface area contributed by atoms with Crippen molar-refractivity contribution < 1.29 is 13.2 Å². The van der Waals surface area contributed by atoms with Crippen LogP contribution in [0.1, 0.15) is 61.5 Å². The number of sulfonamides is 1. The van der Waals surface area contributed by atoms with Gasteiger partial charge in [0.15, 0.2) is 5.13 Å². The first-order valence-corrected chi connectivity index (χ1v) is 13.9. The van der Waals surface area contributed by atoms with E-state index >= 15 is 0 Å². The zero-order chi connectivity index (χ0) is 23.0. The van der Waals surface area contributed by atoms with Crippen LogP contribution in [-0.4, -0.2) is 49.7 Å². The predicted molar refractivity (Wildman–Crippen MR) is 131 cm³/mol. The monoisotopic (exact) mass is 487 g/mol. The van der Waals surface area contributed by atoms with Gasteiger partial charge in [0.2, 0.25) is 0 Å². The molecule has 3 aliphatic heterocycles. The molecule has 33 heavy (non-hydrogen) atoms. The molecule has 0 bridgehead atoms. The molecule has 0 radical (unpaired) electrons. The Hall–Kier alpha value is -2.30. The van der Waals surface area contributed by atoms with E-state index in [1.807, 2.05) is 10.3 Å². The van der Waals surface area contributed by atoms with Gasteiger partial charge >= 0.3 is 0 Å². The highest BCUT2D eigenvalue weighted by atomic mass is 32.2. The molecular formula is C23H29N5O3S2. The fraction of sp³-hybridized carbons (Fsp3) is 0.522. The fourth-order valence-corrected chi connectivity index (χ4v) is 6.87. The average Bonchev–Trinajstić information content (AvgIpc) is 3.07. The number of nitrogens with zero attached hydrogens (tertiary/aromatic N) is 4. The molecule has 2 saturated heterocycles. The Morgan fingerprint density at radius 1 is 1.21 bits per heavy atom. The van der Waals surface area contributed by atoms with Gasteiger partial charge in [-0.05, 0) is 56.3 Å². The summed E-state index contributed by atoms with van der Waals surface area (Å²) in [7, 11) is -3.83. The summed E-state index contributed by atoms with van der Waals surface area (Å²) < 4.78 is 29.7. The van der Waals surface area contributed by atoms with Crippen molar-refractivity contribution in [3.05, 3.63) is 34.8 Å². The lowest BCUT2D eigenvalue weighted by Gasteiger charge is -2.30. The minimum absolute atomic E-state index is 0.0971. The smallest absolute Gasteiger partial charge is 0.286 e. The summed E-state index contributed by atoms with van der Waals surface area (Å²) >= 11 is 1.39. The van der Waals surface area contributed by atoms with Crippen LogP contribution < -0.4 is 10.2 Å². The first-order valence-electron chi connectivity index (χ1n) is 11.6. The van der Waals surface area contributed by atoms with Crippen molar-refractivity contribution in [1.82, 2.24) is 9.88 Å². The second-order valence-corrected chi connectivity index (χ2v) is 11.6. The topological polar surface area (TPSA) is 95.0 Å². The second kappa shape index (κ2) is 9.15. The number of anilines is 2. The van der Waals surface area contributed by atoms with Gasteiger partial charge in [0.05, 0.1) is 11.4 Å². The minimum atomic E-state index is -3.83. The number of nitrogens with one attached hydrogen (secondary N) is 1. The highest BCUT2D eigenvalue weighted by Gasteiger charge is 2.32. The maximum absolute atomic E-state index is 12.9. The normalized spacial score (nSPS) is 22.6. The SMILES string of the molecule is C[C@H]1CCCN(Cc2csc(NC(=O)c3ccc4c(c3)S(=O)(=O)N=C3CCCCCN34)n2)C1. The molecule has 8 nitrogen and oxygen atoms in total. The van der Waals surface area contributed by atoms with Crippen molar-refractivity contribution in [2.75, 3.05) is 29.9 Å². The number of aromatic nitrogens is 1. The van der Waals surface area contributed by atoms with Crippen LogP contribution in [0.3, 0.4) is 0 Å². The van der Waals surface area contributed by atoms with Gasteiger partial charge in [-0.1, -0.05) is 13.3 Å². The lowest BCUT2D eigenvalue weighted by Crippen LogP contribution is -2.35. The number of fused-ring (bicyclic) bond motifs is 3. The van der Waals surface area contributed by atoms with Gasteiger partial charge in [-0.25, -0.2) is 4.98 Å². The number of thiazole rings is 1. The molecule has 1 aromatic carbocycles. The van der Waals surface area contributed by atoms with Crippen molar-refractivity contribution in [3.8, 4) is 0 Å². The maximum atomic E-state index is 12.9. The zero-order valence-corrected chi connectivity index (χ0v) is 20.4. The van der Waals surface area contributed by atoms with Crippen LogP contribution in [0.25, 0.3) is 0 Å². The van der Waals surface area contributed by atoms with Crippen LogP contribution >= 0.6 is 11.3 Å². The standard InChI is InChI=1S/C23H29N5O3S2/c1-16-6-5-10-27(13-16)14-18-15-32-23(24-18)25-22(29)17-8-9-19-20(12-17)33(30,31)26-21-7-3-2-4-11-28(19)21/h8-9,12,15-16H,2-7,10-11,13-14H2,1H3,(H,24,25,29)/t16-/m0/s1. The Labute approximate surface area is 198 Å². The predicted octanol–water partition coefficient (Wildman–Crippen LogP) is 4.11. The number of piperidine rings is 1. The van der Waals surface area contributed by atoms with Crippen molar-refractivity contribution >= 4 is 43.9 Å². The van der Waals surface area contributed by atoms with E-state index in [9.17, 15) is 13.2 Å².